The third-order valence-electron chi connectivity index (χ3n) is 6.13. The summed E-state index contributed by atoms with van der Waals surface area (Å²) in [5, 5.41) is 0. The summed E-state index contributed by atoms with van der Waals surface area (Å²) in [6.45, 7) is 12.8. The highest BCUT2D eigenvalue weighted by Gasteiger charge is 2.13. The lowest BCUT2D eigenvalue weighted by molar-refractivity contribution is -0.0156. The first-order chi connectivity index (χ1) is 14.5. The molecule has 0 heterocycles. The average Bonchev–Trinajstić information content (AvgIpc) is 2.66. The first-order valence-corrected chi connectivity index (χ1v) is 14.3. The molecule has 0 saturated heterocycles. The van der Waals surface area contributed by atoms with Crippen LogP contribution < -0.4 is 0 Å². The highest BCUT2D eigenvalue weighted by Crippen LogP contribution is 2.22. The van der Waals surface area contributed by atoms with Gasteiger partial charge in [-0.25, -0.2) is 0 Å². The van der Waals surface area contributed by atoms with Crippen LogP contribution in [0.5, 0.6) is 0 Å². The summed E-state index contributed by atoms with van der Waals surface area (Å²) in [7, 11) is -1.90. The van der Waals surface area contributed by atoms with Crippen LogP contribution in [0.15, 0.2) is 0 Å². The first-order valence-electron chi connectivity index (χ1n) is 12.5. The van der Waals surface area contributed by atoms with Crippen molar-refractivity contribution in [1.82, 2.24) is 0 Å². The van der Waals surface area contributed by atoms with Crippen molar-refractivity contribution >= 4 is 10.1 Å². The van der Waals surface area contributed by atoms with Gasteiger partial charge in [0.2, 0.25) is 0 Å². The van der Waals surface area contributed by atoms with E-state index in [0.29, 0.717) is 19.1 Å². The van der Waals surface area contributed by atoms with Gasteiger partial charge >= 0.3 is 0 Å². The summed E-state index contributed by atoms with van der Waals surface area (Å²) in [6.07, 6.45) is 13.8. The summed E-state index contributed by atoms with van der Waals surface area (Å²) in [5.41, 5.74) is 0. The van der Waals surface area contributed by atoms with Gasteiger partial charge in [-0.05, 0) is 30.1 Å². The summed E-state index contributed by atoms with van der Waals surface area (Å²) in [6, 6.07) is 0. The fraction of sp³-hybridized carbons (Fsp3) is 1.00. The van der Waals surface area contributed by atoms with Crippen LogP contribution in [0.25, 0.3) is 0 Å². The largest absolute Gasteiger partial charge is 0.379 e. The van der Waals surface area contributed by atoms with Crippen molar-refractivity contribution in [3.63, 3.8) is 0 Å². The SMILES string of the molecule is COC(COCCC(C)CCCC(C)CCCC(C)CCCC(C)C)COS(C)(=O)=O. The maximum absolute atomic E-state index is 11.0. The normalized spacial score (nSPS) is 16.4. The number of rotatable bonds is 21. The molecule has 0 rings (SSSR count). The second-order valence-electron chi connectivity index (χ2n) is 10.2. The van der Waals surface area contributed by atoms with E-state index in [0.717, 1.165) is 30.4 Å². The minimum absolute atomic E-state index is 0.000497. The van der Waals surface area contributed by atoms with Gasteiger partial charge in [-0.3, -0.25) is 4.18 Å². The van der Waals surface area contributed by atoms with Gasteiger partial charge in [0.05, 0.1) is 19.5 Å². The van der Waals surface area contributed by atoms with Gasteiger partial charge in [-0.1, -0.05) is 92.4 Å². The van der Waals surface area contributed by atoms with Crippen molar-refractivity contribution in [3.8, 4) is 0 Å². The molecule has 0 aliphatic carbocycles. The van der Waals surface area contributed by atoms with Crippen molar-refractivity contribution in [2.45, 2.75) is 105 Å². The molecule has 0 saturated carbocycles. The van der Waals surface area contributed by atoms with E-state index in [1.54, 1.807) is 0 Å². The summed E-state index contributed by atoms with van der Waals surface area (Å²) >= 11 is 0. The number of methoxy groups -OCH3 is 1. The molecule has 31 heavy (non-hydrogen) atoms. The Labute approximate surface area is 194 Å². The van der Waals surface area contributed by atoms with Crippen LogP contribution in [0, 0.1) is 23.7 Å². The van der Waals surface area contributed by atoms with E-state index in [-0.39, 0.29) is 12.7 Å². The van der Waals surface area contributed by atoms with E-state index in [4.69, 9.17) is 13.7 Å². The van der Waals surface area contributed by atoms with E-state index in [1.807, 2.05) is 0 Å². The molecular weight excluding hydrogens is 412 g/mol. The Morgan fingerprint density at radius 3 is 1.55 bits per heavy atom. The smallest absolute Gasteiger partial charge is 0.264 e. The molecule has 0 bridgehead atoms. The Morgan fingerprint density at radius 1 is 0.677 bits per heavy atom. The quantitative estimate of drug-likeness (QED) is 0.144. The summed E-state index contributed by atoms with van der Waals surface area (Å²) < 4.78 is 37.7. The van der Waals surface area contributed by atoms with Crippen LogP contribution >= 0.6 is 0 Å². The molecule has 0 spiro atoms. The summed E-state index contributed by atoms with van der Waals surface area (Å²) in [4.78, 5) is 0. The zero-order chi connectivity index (χ0) is 23.7. The van der Waals surface area contributed by atoms with Crippen LogP contribution in [-0.4, -0.2) is 47.7 Å². The summed E-state index contributed by atoms with van der Waals surface area (Å²) in [5.74, 6) is 3.18. The maximum atomic E-state index is 11.0. The molecule has 4 atom stereocenters. The van der Waals surface area contributed by atoms with Gasteiger partial charge in [0.1, 0.15) is 6.10 Å². The third-order valence-corrected chi connectivity index (χ3v) is 6.69. The topological polar surface area (TPSA) is 61.8 Å². The molecule has 5 nitrogen and oxygen atoms in total. The molecule has 0 aromatic carbocycles. The monoisotopic (exact) mass is 464 g/mol. The van der Waals surface area contributed by atoms with Crippen LogP contribution in [0.3, 0.4) is 0 Å². The van der Waals surface area contributed by atoms with Crippen molar-refractivity contribution in [3.05, 3.63) is 0 Å². The molecule has 6 heteroatoms. The van der Waals surface area contributed by atoms with E-state index < -0.39 is 10.1 Å². The molecule has 0 fully saturated rings. The Morgan fingerprint density at radius 2 is 1.13 bits per heavy atom. The molecule has 0 amide bonds. The molecule has 4 unspecified atom stereocenters. The predicted octanol–water partition coefficient (Wildman–Crippen LogP) is 6.46. The van der Waals surface area contributed by atoms with Gasteiger partial charge in [0, 0.05) is 13.7 Å². The van der Waals surface area contributed by atoms with Crippen molar-refractivity contribution in [2.75, 3.05) is 33.2 Å². The van der Waals surface area contributed by atoms with E-state index in [1.165, 1.54) is 64.9 Å². The Kier molecular flexibility index (Phi) is 18.2. The van der Waals surface area contributed by atoms with Gasteiger partial charge in [-0.2, -0.15) is 8.42 Å². The molecule has 0 aliphatic rings. The minimum atomic E-state index is -3.44. The Balaban J connectivity index is 3.69. The van der Waals surface area contributed by atoms with Gasteiger partial charge in [0.15, 0.2) is 0 Å². The Bertz CT molecular complexity index is 506. The van der Waals surface area contributed by atoms with Gasteiger partial charge in [-0.15, -0.1) is 0 Å². The van der Waals surface area contributed by atoms with E-state index in [2.05, 4.69) is 34.6 Å². The van der Waals surface area contributed by atoms with Gasteiger partial charge < -0.3 is 9.47 Å². The lowest BCUT2D eigenvalue weighted by Gasteiger charge is -2.17. The van der Waals surface area contributed by atoms with E-state index >= 15 is 0 Å². The minimum Gasteiger partial charge on any atom is -0.379 e. The van der Waals surface area contributed by atoms with Gasteiger partial charge in [0.25, 0.3) is 10.1 Å². The lowest BCUT2D eigenvalue weighted by Crippen LogP contribution is -2.26. The molecule has 0 N–H and O–H groups in total. The predicted molar refractivity (Wildman–Crippen MR) is 131 cm³/mol. The van der Waals surface area contributed by atoms with Crippen LogP contribution in [0.4, 0.5) is 0 Å². The molecule has 0 aliphatic heterocycles. The highest BCUT2D eigenvalue weighted by molar-refractivity contribution is 7.85. The molecule has 188 valence electrons. The van der Waals surface area contributed by atoms with Crippen LogP contribution in [-0.2, 0) is 23.8 Å². The fourth-order valence-corrected chi connectivity index (χ4v) is 4.22. The van der Waals surface area contributed by atoms with Crippen molar-refractivity contribution < 1.29 is 22.1 Å². The number of ether oxygens (including phenoxy) is 2. The zero-order valence-electron chi connectivity index (χ0n) is 21.5. The number of hydrogen-bond donors (Lipinski definition) is 0. The third kappa shape index (κ3) is 21.4. The average molecular weight is 465 g/mol. The second kappa shape index (κ2) is 18.3. The maximum Gasteiger partial charge on any atom is 0.264 e. The lowest BCUT2D eigenvalue weighted by atomic mass is 9.91. The van der Waals surface area contributed by atoms with Crippen LogP contribution in [0.1, 0.15) is 98.8 Å². The fourth-order valence-electron chi connectivity index (χ4n) is 3.82. The first kappa shape index (κ1) is 30.8. The molecule has 0 radical (unpaired) electrons. The molecule has 0 aromatic rings. The van der Waals surface area contributed by atoms with Crippen LogP contribution in [0.2, 0.25) is 0 Å². The zero-order valence-corrected chi connectivity index (χ0v) is 22.3. The van der Waals surface area contributed by atoms with Crippen molar-refractivity contribution in [1.29, 1.82) is 0 Å². The highest BCUT2D eigenvalue weighted by atomic mass is 32.2. The molecular formula is C25H52O5S. The van der Waals surface area contributed by atoms with Crippen molar-refractivity contribution in [2.24, 2.45) is 23.7 Å². The number of hydrogen-bond acceptors (Lipinski definition) is 5. The molecule has 0 aromatic heterocycles. The standard InChI is InChI=1S/C25H52O5S/c1-21(2)11-8-12-22(3)13-9-14-23(4)15-10-16-24(5)17-18-29-19-25(28-6)20-30-31(7,26)27/h21-25H,8-20H2,1-7H3. The Hall–Kier alpha value is -0.170. The van der Waals surface area contributed by atoms with E-state index in [9.17, 15) is 8.42 Å². The second-order valence-corrected chi connectivity index (χ2v) is 11.9.